The monoisotopic (exact) mass is 472 g/mol. The van der Waals surface area contributed by atoms with Crippen LogP contribution in [0.4, 0.5) is 5.69 Å². The number of hydrogen-bond donors (Lipinski definition) is 0. The minimum Gasteiger partial charge on any atom is -0.496 e. The Morgan fingerprint density at radius 2 is 1.50 bits per heavy atom. The van der Waals surface area contributed by atoms with E-state index in [-0.39, 0.29) is 12.5 Å². The third kappa shape index (κ3) is 5.60. The van der Waals surface area contributed by atoms with Crippen LogP contribution in [-0.2, 0) is 23.1 Å². The molecule has 0 spiro atoms. The molecule has 0 radical (unpaired) electrons. The molecule has 168 valence electrons. The van der Waals surface area contributed by atoms with Gasteiger partial charge in [0.25, 0.3) is 5.91 Å². The number of carbonyl (C=O) groups is 1. The minimum absolute atomic E-state index is 0.0967. The van der Waals surface area contributed by atoms with Gasteiger partial charge in [0.05, 0.1) is 25.6 Å². The van der Waals surface area contributed by atoms with Crippen LogP contribution in [0.3, 0.4) is 0 Å². The van der Waals surface area contributed by atoms with Crippen molar-refractivity contribution in [1.29, 1.82) is 0 Å². The summed E-state index contributed by atoms with van der Waals surface area (Å²) in [6.45, 7) is 0.478. The number of sulfonamides is 1. The second-order valence-corrected chi connectivity index (χ2v) is 9.69. The van der Waals surface area contributed by atoms with Gasteiger partial charge in [-0.1, -0.05) is 48.0 Å². The highest BCUT2D eigenvalue weighted by Crippen LogP contribution is 2.25. The van der Waals surface area contributed by atoms with E-state index in [1.807, 2.05) is 24.3 Å². The molecular weight excluding hydrogens is 448 g/mol. The number of benzene rings is 3. The Kier molecular flexibility index (Phi) is 7.43. The minimum atomic E-state index is -3.57. The van der Waals surface area contributed by atoms with Crippen molar-refractivity contribution < 1.29 is 17.9 Å². The second kappa shape index (κ2) is 10.1. The van der Waals surface area contributed by atoms with Gasteiger partial charge in [0.2, 0.25) is 10.0 Å². The normalized spacial score (nSPS) is 11.1. The second-order valence-electron chi connectivity index (χ2n) is 7.38. The summed E-state index contributed by atoms with van der Waals surface area (Å²) in [6.07, 6.45) is 1.14. The SMILES string of the molecule is COc1ccccc1CN(C)C(=O)c1ccc(N(Cc2ccccc2Cl)S(C)(=O)=O)cc1. The van der Waals surface area contributed by atoms with E-state index >= 15 is 0 Å². The first-order valence-electron chi connectivity index (χ1n) is 9.89. The first-order valence-corrected chi connectivity index (χ1v) is 12.1. The maximum atomic E-state index is 12.9. The van der Waals surface area contributed by atoms with Gasteiger partial charge in [0, 0.05) is 29.7 Å². The van der Waals surface area contributed by atoms with Gasteiger partial charge in [-0.2, -0.15) is 0 Å². The first-order chi connectivity index (χ1) is 15.2. The number of rotatable bonds is 8. The van der Waals surface area contributed by atoms with E-state index in [4.69, 9.17) is 16.3 Å². The van der Waals surface area contributed by atoms with Crippen molar-refractivity contribution in [3.05, 3.63) is 94.5 Å². The molecule has 6 nitrogen and oxygen atoms in total. The lowest BCUT2D eigenvalue weighted by Gasteiger charge is -2.24. The predicted octanol–water partition coefficient (Wildman–Crippen LogP) is 4.59. The Labute approximate surface area is 194 Å². The Balaban J connectivity index is 1.80. The molecule has 1 amide bonds. The van der Waals surface area contributed by atoms with Gasteiger partial charge < -0.3 is 9.64 Å². The largest absolute Gasteiger partial charge is 0.496 e. The molecular formula is C24H25ClN2O4S. The molecule has 3 aromatic rings. The number of halogens is 1. The number of nitrogens with zero attached hydrogens (tertiary/aromatic N) is 2. The van der Waals surface area contributed by atoms with Crippen LogP contribution >= 0.6 is 11.6 Å². The molecule has 0 aliphatic carbocycles. The van der Waals surface area contributed by atoms with Gasteiger partial charge in [-0.3, -0.25) is 9.10 Å². The summed E-state index contributed by atoms with van der Waals surface area (Å²) in [6, 6.07) is 21.1. The maximum absolute atomic E-state index is 12.9. The van der Waals surface area contributed by atoms with Crippen LogP contribution in [0.15, 0.2) is 72.8 Å². The number of anilines is 1. The van der Waals surface area contributed by atoms with Crippen LogP contribution in [0.2, 0.25) is 5.02 Å². The maximum Gasteiger partial charge on any atom is 0.253 e. The highest BCUT2D eigenvalue weighted by atomic mass is 35.5. The summed E-state index contributed by atoms with van der Waals surface area (Å²) in [5.74, 6) is 0.533. The molecule has 0 aromatic heterocycles. The predicted molar refractivity (Wildman–Crippen MR) is 128 cm³/mol. The molecule has 0 N–H and O–H groups in total. The zero-order valence-corrected chi connectivity index (χ0v) is 19.7. The highest BCUT2D eigenvalue weighted by Gasteiger charge is 2.20. The van der Waals surface area contributed by atoms with Crippen LogP contribution in [0.1, 0.15) is 21.5 Å². The number of carbonyl (C=O) groups excluding carboxylic acids is 1. The third-order valence-corrected chi connectivity index (χ3v) is 6.53. The molecule has 0 aliphatic rings. The fourth-order valence-corrected chi connectivity index (χ4v) is 4.41. The Morgan fingerprint density at radius 1 is 0.906 bits per heavy atom. The van der Waals surface area contributed by atoms with E-state index in [0.29, 0.717) is 34.1 Å². The van der Waals surface area contributed by atoms with Crippen molar-refractivity contribution in [2.24, 2.45) is 0 Å². The molecule has 3 aromatic carbocycles. The molecule has 0 heterocycles. The van der Waals surface area contributed by atoms with Crippen LogP contribution < -0.4 is 9.04 Å². The number of amides is 1. The lowest BCUT2D eigenvalue weighted by Crippen LogP contribution is -2.30. The molecule has 32 heavy (non-hydrogen) atoms. The average Bonchev–Trinajstić information content (AvgIpc) is 2.77. The van der Waals surface area contributed by atoms with E-state index in [1.165, 1.54) is 4.31 Å². The van der Waals surface area contributed by atoms with Crippen LogP contribution in [-0.4, -0.2) is 39.6 Å². The summed E-state index contributed by atoms with van der Waals surface area (Å²) in [4.78, 5) is 14.5. The lowest BCUT2D eigenvalue weighted by molar-refractivity contribution is 0.0784. The van der Waals surface area contributed by atoms with Gasteiger partial charge in [-0.15, -0.1) is 0 Å². The number of hydrogen-bond acceptors (Lipinski definition) is 4. The van der Waals surface area contributed by atoms with Crippen LogP contribution in [0, 0.1) is 0 Å². The zero-order valence-electron chi connectivity index (χ0n) is 18.2. The molecule has 0 saturated carbocycles. The molecule has 0 saturated heterocycles. The summed E-state index contributed by atoms with van der Waals surface area (Å²) >= 11 is 6.21. The van der Waals surface area contributed by atoms with Crippen molar-refractivity contribution in [3.63, 3.8) is 0 Å². The van der Waals surface area contributed by atoms with E-state index in [1.54, 1.807) is 67.6 Å². The molecule has 0 atom stereocenters. The molecule has 8 heteroatoms. The van der Waals surface area contributed by atoms with E-state index in [0.717, 1.165) is 11.8 Å². The van der Waals surface area contributed by atoms with Gasteiger partial charge >= 0.3 is 0 Å². The van der Waals surface area contributed by atoms with Gasteiger partial charge in [-0.05, 0) is 42.0 Å². The fraction of sp³-hybridized carbons (Fsp3) is 0.208. The number of para-hydroxylation sites is 1. The van der Waals surface area contributed by atoms with E-state index in [2.05, 4.69) is 0 Å². The Morgan fingerprint density at radius 3 is 2.09 bits per heavy atom. The summed E-state index contributed by atoms with van der Waals surface area (Å²) in [5.41, 5.74) is 2.50. The van der Waals surface area contributed by atoms with Crippen molar-refractivity contribution in [1.82, 2.24) is 4.90 Å². The zero-order chi connectivity index (χ0) is 23.3. The smallest absolute Gasteiger partial charge is 0.253 e. The topological polar surface area (TPSA) is 66.9 Å². The molecule has 0 unspecified atom stereocenters. The van der Waals surface area contributed by atoms with E-state index < -0.39 is 10.0 Å². The van der Waals surface area contributed by atoms with Crippen molar-refractivity contribution in [2.75, 3.05) is 24.7 Å². The van der Waals surface area contributed by atoms with Crippen molar-refractivity contribution >= 4 is 33.2 Å². The summed E-state index contributed by atoms with van der Waals surface area (Å²) < 4.78 is 31.5. The van der Waals surface area contributed by atoms with Gasteiger partial charge in [0.1, 0.15) is 5.75 Å². The van der Waals surface area contributed by atoms with Crippen molar-refractivity contribution in [3.8, 4) is 5.75 Å². The summed E-state index contributed by atoms with van der Waals surface area (Å²) in [5, 5.41) is 0.492. The van der Waals surface area contributed by atoms with Crippen LogP contribution in [0.25, 0.3) is 0 Å². The lowest BCUT2D eigenvalue weighted by atomic mass is 10.1. The van der Waals surface area contributed by atoms with Gasteiger partial charge in [0.15, 0.2) is 0 Å². The molecule has 0 aliphatic heterocycles. The summed E-state index contributed by atoms with van der Waals surface area (Å²) in [7, 11) is -0.261. The highest BCUT2D eigenvalue weighted by molar-refractivity contribution is 7.92. The number of methoxy groups -OCH3 is 1. The third-order valence-electron chi connectivity index (χ3n) is 5.02. The standard InChI is InChI=1S/C24H25ClN2O4S/c1-26(16-20-9-5-7-11-23(20)31-2)24(28)18-12-14-21(15-13-18)27(32(3,29)30)17-19-8-4-6-10-22(19)25/h4-15H,16-17H2,1-3H3. The van der Waals surface area contributed by atoms with Gasteiger partial charge in [-0.25, -0.2) is 8.42 Å². The Bertz CT molecular complexity index is 1200. The number of ether oxygens (including phenoxy) is 1. The Hall–Kier alpha value is -3.03. The average molecular weight is 473 g/mol. The van der Waals surface area contributed by atoms with Crippen molar-refractivity contribution in [2.45, 2.75) is 13.1 Å². The van der Waals surface area contributed by atoms with E-state index in [9.17, 15) is 13.2 Å². The van der Waals surface area contributed by atoms with Crippen LogP contribution in [0.5, 0.6) is 5.75 Å². The molecule has 0 fully saturated rings. The quantitative estimate of drug-likeness (QED) is 0.481. The fourth-order valence-electron chi connectivity index (χ4n) is 3.33. The first kappa shape index (κ1) is 23.6. The molecule has 0 bridgehead atoms. The molecule has 3 rings (SSSR count).